The van der Waals surface area contributed by atoms with Crippen LogP contribution >= 0.6 is 0 Å². The lowest BCUT2D eigenvalue weighted by Crippen LogP contribution is -2.51. The number of nitrogens with zero attached hydrogens (tertiary/aromatic N) is 4. The Balaban J connectivity index is 0.00000139. The Hall–Kier alpha value is -4.61. The Morgan fingerprint density at radius 3 is 2.60 bits per heavy atom. The average Bonchev–Trinajstić information content (AvgIpc) is 3.63. The summed E-state index contributed by atoms with van der Waals surface area (Å²) in [4.78, 5) is 66.6. The second-order valence-corrected chi connectivity index (χ2v) is 11.4. The SMILES string of the molecule is O=C(O)OC(COc1c2n(cc(C(=O)NCc3ccc(F)cc3F)c1=O)C[C@@H]1N(C[C@H]3CCCN31)C2=O)CN1CCOCC1.O=CO. The molecule has 3 atom stereocenters. The van der Waals surface area contributed by atoms with Gasteiger partial charge in [0.25, 0.3) is 18.3 Å². The van der Waals surface area contributed by atoms with Crippen LogP contribution in [-0.2, 0) is 27.4 Å². The number of ether oxygens (including phenoxy) is 3. The highest BCUT2D eigenvalue weighted by atomic mass is 19.1. The van der Waals surface area contributed by atoms with E-state index in [0.29, 0.717) is 38.9 Å². The molecule has 0 spiro atoms. The summed E-state index contributed by atoms with van der Waals surface area (Å²) in [5, 5.41) is 18.7. The number of rotatable bonds is 9. The number of morpholine rings is 1. The fourth-order valence-corrected chi connectivity index (χ4v) is 6.46. The molecule has 0 radical (unpaired) electrons. The summed E-state index contributed by atoms with van der Waals surface area (Å²) in [6, 6.07) is 3.14. The van der Waals surface area contributed by atoms with E-state index < -0.39 is 41.1 Å². The minimum Gasteiger partial charge on any atom is -0.483 e. The number of carboxylic acid groups (broad SMARTS) is 2. The van der Waals surface area contributed by atoms with Gasteiger partial charge in [0.05, 0.1) is 19.8 Å². The monoisotopic (exact) mass is 663 g/mol. The average molecular weight is 664 g/mol. The maximum atomic E-state index is 14.2. The third-order valence-electron chi connectivity index (χ3n) is 8.58. The van der Waals surface area contributed by atoms with Crippen LogP contribution in [0.1, 0.15) is 39.3 Å². The summed E-state index contributed by atoms with van der Waals surface area (Å²) >= 11 is 0. The maximum absolute atomic E-state index is 14.2. The zero-order chi connectivity index (χ0) is 33.7. The van der Waals surface area contributed by atoms with Gasteiger partial charge in [-0.1, -0.05) is 6.07 Å². The fourth-order valence-electron chi connectivity index (χ4n) is 6.46. The highest BCUT2D eigenvalue weighted by Gasteiger charge is 2.48. The van der Waals surface area contributed by atoms with Crippen molar-refractivity contribution in [2.75, 3.05) is 52.5 Å². The molecule has 4 aliphatic heterocycles. The van der Waals surface area contributed by atoms with Gasteiger partial charge < -0.3 is 39.2 Å². The van der Waals surface area contributed by atoms with Gasteiger partial charge in [-0.25, -0.2) is 13.6 Å². The summed E-state index contributed by atoms with van der Waals surface area (Å²) in [6.07, 6.45) is 0.471. The Kier molecular flexibility index (Phi) is 10.7. The van der Waals surface area contributed by atoms with E-state index in [9.17, 15) is 33.1 Å². The van der Waals surface area contributed by atoms with Gasteiger partial charge in [-0.2, -0.15) is 0 Å². The number of benzene rings is 1. The number of carbonyl (C=O) groups excluding carboxylic acids is 2. The predicted octanol–water partition coefficient (Wildman–Crippen LogP) is 0.791. The van der Waals surface area contributed by atoms with Crippen LogP contribution in [0.25, 0.3) is 0 Å². The number of fused-ring (bicyclic) bond motifs is 4. The first kappa shape index (κ1) is 33.7. The van der Waals surface area contributed by atoms with Crippen molar-refractivity contribution in [1.82, 2.24) is 24.6 Å². The van der Waals surface area contributed by atoms with Gasteiger partial charge in [0, 0.05) is 63.1 Å². The van der Waals surface area contributed by atoms with E-state index in [0.717, 1.165) is 25.5 Å². The first-order valence-electron chi connectivity index (χ1n) is 15.1. The third kappa shape index (κ3) is 7.52. The van der Waals surface area contributed by atoms with Crippen LogP contribution in [0.4, 0.5) is 13.6 Å². The van der Waals surface area contributed by atoms with Gasteiger partial charge in [-0.15, -0.1) is 0 Å². The Bertz CT molecular complexity index is 1570. The van der Waals surface area contributed by atoms with Gasteiger partial charge in [0.1, 0.15) is 30.0 Å². The Morgan fingerprint density at radius 2 is 1.89 bits per heavy atom. The second-order valence-electron chi connectivity index (χ2n) is 11.4. The molecule has 3 fully saturated rings. The van der Waals surface area contributed by atoms with E-state index in [1.54, 1.807) is 4.90 Å². The number of hydrogen-bond acceptors (Lipinski definition) is 10. The van der Waals surface area contributed by atoms with Crippen molar-refractivity contribution in [1.29, 1.82) is 0 Å². The van der Waals surface area contributed by atoms with E-state index in [4.69, 9.17) is 24.1 Å². The van der Waals surface area contributed by atoms with Gasteiger partial charge in [0.15, 0.2) is 17.5 Å². The smallest absolute Gasteiger partial charge is 0.483 e. The van der Waals surface area contributed by atoms with Crippen molar-refractivity contribution >= 4 is 24.4 Å². The highest BCUT2D eigenvalue weighted by molar-refractivity contribution is 5.99. The van der Waals surface area contributed by atoms with Gasteiger partial charge in [-0.3, -0.25) is 29.0 Å². The van der Waals surface area contributed by atoms with Crippen LogP contribution in [0.2, 0.25) is 0 Å². The van der Waals surface area contributed by atoms with Crippen LogP contribution in [0.15, 0.2) is 29.2 Å². The third-order valence-corrected chi connectivity index (χ3v) is 8.58. The molecule has 2 aromatic rings. The molecule has 15 nitrogen and oxygen atoms in total. The summed E-state index contributed by atoms with van der Waals surface area (Å²) in [5.41, 5.74) is -1.23. The minimum atomic E-state index is -1.52. The first-order valence-corrected chi connectivity index (χ1v) is 15.1. The number of halogens is 2. The molecule has 3 N–H and O–H groups in total. The van der Waals surface area contributed by atoms with Gasteiger partial charge in [-0.05, 0) is 18.9 Å². The molecule has 0 aliphatic carbocycles. The number of amides is 2. The van der Waals surface area contributed by atoms with Crippen molar-refractivity contribution in [3.05, 3.63) is 63.1 Å². The molecule has 2 amide bonds. The number of nitrogens with one attached hydrogen (secondary N) is 1. The topological polar surface area (TPSA) is 180 Å². The standard InChI is InChI=1S/C29H33F2N5O8.CH2O2/c30-18-4-3-17(22(31)10-18)11-32-27(38)21-14-34-15-23-35-5-1-2-19(35)12-36(23)28(39)24(34)26(25(21)37)43-16-20(44-29(40)41)13-33-6-8-42-9-7-33;2-1-3/h3-4,10,14,19-20,23H,1-2,5-9,11-13,15-16H2,(H,32,38)(H,40,41);1H,(H,2,3)/t19-,20?,23+;/m1./s1. The normalized spacial score (nSPS) is 21.1. The molecular formula is C30H35F2N5O10. The molecule has 0 bridgehead atoms. The van der Waals surface area contributed by atoms with Crippen molar-refractivity contribution in [3.8, 4) is 5.75 Å². The molecule has 6 rings (SSSR count). The van der Waals surface area contributed by atoms with Crippen molar-refractivity contribution in [3.63, 3.8) is 0 Å². The molecule has 1 aromatic heterocycles. The Morgan fingerprint density at radius 1 is 1.15 bits per heavy atom. The van der Waals surface area contributed by atoms with Crippen LogP contribution in [0.5, 0.6) is 5.75 Å². The zero-order valence-corrected chi connectivity index (χ0v) is 25.3. The van der Waals surface area contributed by atoms with E-state index in [1.165, 1.54) is 16.8 Å². The molecule has 1 unspecified atom stereocenters. The van der Waals surface area contributed by atoms with Crippen molar-refractivity contribution in [2.24, 2.45) is 0 Å². The quantitative estimate of drug-likeness (QED) is 0.254. The van der Waals surface area contributed by atoms with Gasteiger partial charge >= 0.3 is 6.16 Å². The Labute approximate surface area is 267 Å². The zero-order valence-electron chi connectivity index (χ0n) is 25.3. The number of carbonyl (C=O) groups is 4. The molecule has 3 saturated heterocycles. The summed E-state index contributed by atoms with van der Waals surface area (Å²) < 4.78 is 45.4. The lowest BCUT2D eigenvalue weighted by molar-refractivity contribution is -0.122. The van der Waals surface area contributed by atoms with Crippen molar-refractivity contribution < 1.29 is 52.4 Å². The van der Waals surface area contributed by atoms with E-state index in [2.05, 4.69) is 10.2 Å². The number of hydrogen-bond donors (Lipinski definition) is 3. The highest BCUT2D eigenvalue weighted by Crippen LogP contribution is 2.35. The lowest BCUT2D eigenvalue weighted by atomic mass is 10.1. The fraction of sp³-hybridized carbons (Fsp3) is 0.500. The molecular weight excluding hydrogens is 628 g/mol. The van der Waals surface area contributed by atoms with Crippen LogP contribution in [0, 0.1) is 11.6 Å². The van der Waals surface area contributed by atoms with E-state index in [1.807, 2.05) is 4.90 Å². The van der Waals surface area contributed by atoms with Crippen LogP contribution in [0.3, 0.4) is 0 Å². The second kappa shape index (κ2) is 14.9. The summed E-state index contributed by atoms with van der Waals surface area (Å²) in [7, 11) is 0. The minimum absolute atomic E-state index is 0.0166. The lowest BCUT2D eigenvalue weighted by Gasteiger charge is -2.36. The molecule has 1 aromatic carbocycles. The van der Waals surface area contributed by atoms with Crippen molar-refractivity contribution in [2.45, 2.75) is 44.2 Å². The molecule has 5 heterocycles. The van der Waals surface area contributed by atoms with Gasteiger partial charge in [0.2, 0.25) is 5.43 Å². The molecule has 17 heteroatoms. The number of pyridine rings is 1. The molecule has 47 heavy (non-hydrogen) atoms. The molecule has 4 aliphatic rings. The summed E-state index contributed by atoms with van der Waals surface area (Å²) in [6.45, 7) is 2.86. The first-order chi connectivity index (χ1) is 22.6. The molecule has 0 saturated carbocycles. The largest absolute Gasteiger partial charge is 0.506 e. The van der Waals surface area contributed by atoms with Crippen LogP contribution in [-0.4, -0.2) is 125 Å². The van der Waals surface area contributed by atoms with E-state index in [-0.39, 0.29) is 67.5 Å². The number of aromatic nitrogens is 1. The van der Waals surface area contributed by atoms with Crippen LogP contribution < -0.4 is 15.5 Å². The summed E-state index contributed by atoms with van der Waals surface area (Å²) in [5.74, 6) is -3.27. The molecule has 254 valence electrons. The maximum Gasteiger partial charge on any atom is 0.506 e. The predicted molar refractivity (Wildman–Crippen MR) is 157 cm³/mol. The van der Waals surface area contributed by atoms with E-state index >= 15 is 0 Å².